The van der Waals surface area contributed by atoms with Gasteiger partial charge in [0.15, 0.2) is 11.6 Å². The molecule has 8 heteroatoms. The number of imidazole rings is 1. The van der Waals surface area contributed by atoms with Gasteiger partial charge in [0.1, 0.15) is 28.4 Å². The SMILES string of the molecule is CCOc1cccc(OC)c1C(=O)N1CCCCC1Cc1nc2c(F)c(F)ccc2[nH]1. The van der Waals surface area contributed by atoms with Crippen LogP contribution in [0.25, 0.3) is 11.0 Å². The number of amides is 1. The maximum absolute atomic E-state index is 14.1. The van der Waals surface area contributed by atoms with Crippen LogP contribution in [-0.2, 0) is 6.42 Å². The molecule has 1 aliphatic heterocycles. The zero-order valence-corrected chi connectivity index (χ0v) is 17.6. The van der Waals surface area contributed by atoms with Crippen LogP contribution >= 0.6 is 0 Å². The number of piperidine rings is 1. The Balaban J connectivity index is 1.64. The zero-order chi connectivity index (χ0) is 22.0. The number of hydrogen-bond donors (Lipinski definition) is 1. The number of nitrogens with one attached hydrogen (secondary N) is 1. The van der Waals surface area contributed by atoms with E-state index in [0.717, 1.165) is 25.3 Å². The van der Waals surface area contributed by atoms with E-state index in [4.69, 9.17) is 9.47 Å². The highest BCUT2D eigenvalue weighted by Crippen LogP contribution is 2.32. The van der Waals surface area contributed by atoms with E-state index in [1.807, 2.05) is 11.8 Å². The van der Waals surface area contributed by atoms with Crippen molar-refractivity contribution in [1.82, 2.24) is 14.9 Å². The highest BCUT2D eigenvalue weighted by Gasteiger charge is 2.32. The zero-order valence-electron chi connectivity index (χ0n) is 17.6. The molecule has 1 N–H and O–H groups in total. The topological polar surface area (TPSA) is 67.5 Å². The van der Waals surface area contributed by atoms with Crippen LogP contribution in [0.3, 0.4) is 0 Å². The lowest BCUT2D eigenvalue weighted by Crippen LogP contribution is -2.45. The fourth-order valence-corrected chi connectivity index (χ4v) is 4.18. The van der Waals surface area contributed by atoms with Crippen LogP contribution in [0.2, 0.25) is 0 Å². The van der Waals surface area contributed by atoms with Gasteiger partial charge >= 0.3 is 0 Å². The number of benzene rings is 2. The number of carbonyl (C=O) groups excluding carboxylic acids is 1. The molecule has 1 fully saturated rings. The summed E-state index contributed by atoms with van der Waals surface area (Å²) in [6.07, 6.45) is 3.07. The molecule has 4 rings (SSSR count). The highest BCUT2D eigenvalue weighted by atomic mass is 19.2. The molecule has 1 amide bonds. The molecule has 0 radical (unpaired) electrons. The number of aromatic amines is 1. The predicted octanol–water partition coefficient (Wildman–Crippen LogP) is 4.49. The van der Waals surface area contributed by atoms with Gasteiger partial charge in [-0.25, -0.2) is 13.8 Å². The molecule has 1 aromatic heterocycles. The van der Waals surface area contributed by atoms with Crippen molar-refractivity contribution in [2.45, 2.75) is 38.6 Å². The Kier molecular flexibility index (Phi) is 6.06. The van der Waals surface area contributed by atoms with Crippen LogP contribution in [0.1, 0.15) is 42.4 Å². The number of likely N-dealkylation sites (tertiary alicyclic amines) is 1. The summed E-state index contributed by atoms with van der Waals surface area (Å²) in [7, 11) is 1.53. The molecule has 1 atom stereocenters. The van der Waals surface area contributed by atoms with Crippen LogP contribution in [0.15, 0.2) is 30.3 Å². The van der Waals surface area contributed by atoms with Crippen molar-refractivity contribution in [2.75, 3.05) is 20.3 Å². The lowest BCUT2D eigenvalue weighted by molar-refractivity contribution is 0.0604. The molecular formula is C23H25F2N3O3. The van der Waals surface area contributed by atoms with Gasteiger partial charge in [0.25, 0.3) is 5.91 Å². The summed E-state index contributed by atoms with van der Waals surface area (Å²) >= 11 is 0. The van der Waals surface area contributed by atoms with Gasteiger partial charge in [-0.3, -0.25) is 4.79 Å². The summed E-state index contributed by atoms with van der Waals surface area (Å²) in [6.45, 7) is 2.88. The third-order valence-corrected chi connectivity index (χ3v) is 5.63. The Morgan fingerprint density at radius 1 is 1.23 bits per heavy atom. The molecule has 0 saturated carbocycles. The quantitative estimate of drug-likeness (QED) is 0.627. The largest absolute Gasteiger partial charge is 0.496 e. The Morgan fingerprint density at radius 2 is 2.03 bits per heavy atom. The molecule has 1 aliphatic rings. The summed E-state index contributed by atoms with van der Waals surface area (Å²) in [5, 5.41) is 0. The van der Waals surface area contributed by atoms with Gasteiger partial charge in [-0.05, 0) is 50.5 Å². The summed E-state index contributed by atoms with van der Waals surface area (Å²) < 4.78 is 38.7. The summed E-state index contributed by atoms with van der Waals surface area (Å²) in [4.78, 5) is 22.7. The number of ether oxygens (including phenoxy) is 2. The number of nitrogens with zero attached hydrogens (tertiary/aromatic N) is 2. The van der Waals surface area contributed by atoms with Gasteiger partial charge in [0, 0.05) is 19.0 Å². The Labute approximate surface area is 179 Å². The van der Waals surface area contributed by atoms with Crippen LogP contribution < -0.4 is 9.47 Å². The molecule has 31 heavy (non-hydrogen) atoms. The Bertz CT molecular complexity index is 1100. The van der Waals surface area contributed by atoms with Crippen LogP contribution in [0.4, 0.5) is 8.78 Å². The average Bonchev–Trinajstić information content (AvgIpc) is 3.19. The van der Waals surface area contributed by atoms with Gasteiger partial charge in [0.05, 0.1) is 19.2 Å². The molecular weight excluding hydrogens is 404 g/mol. The fraction of sp³-hybridized carbons (Fsp3) is 0.391. The lowest BCUT2D eigenvalue weighted by Gasteiger charge is -2.36. The first-order valence-electron chi connectivity index (χ1n) is 10.5. The van der Waals surface area contributed by atoms with Gasteiger partial charge in [-0.2, -0.15) is 0 Å². The van der Waals surface area contributed by atoms with Crippen molar-refractivity contribution in [3.05, 3.63) is 53.4 Å². The molecule has 0 aliphatic carbocycles. The monoisotopic (exact) mass is 429 g/mol. The maximum atomic E-state index is 14.1. The summed E-state index contributed by atoms with van der Waals surface area (Å²) in [5.74, 6) is -0.598. The Hall–Kier alpha value is -3.16. The molecule has 6 nitrogen and oxygen atoms in total. The van der Waals surface area contributed by atoms with Crippen molar-refractivity contribution < 1.29 is 23.0 Å². The van der Waals surface area contributed by atoms with Gasteiger partial charge in [0.2, 0.25) is 0 Å². The summed E-state index contributed by atoms with van der Waals surface area (Å²) in [6, 6.07) is 7.70. The van der Waals surface area contributed by atoms with E-state index >= 15 is 0 Å². The molecule has 2 aromatic carbocycles. The van der Waals surface area contributed by atoms with Crippen molar-refractivity contribution in [2.24, 2.45) is 0 Å². The van der Waals surface area contributed by atoms with Gasteiger partial charge in [-0.15, -0.1) is 0 Å². The molecule has 0 bridgehead atoms. The van der Waals surface area contributed by atoms with Crippen molar-refractivity contribution >= 4 is 16.9 Å². The highest BCUT2D eigenvalue weighted by molar-refractivity contribution is 6.00. The first-order chi connectivity index (χ1) is 15.0. The van der Waals surface area contributed by atoms with E-state index in [2.05, 4.69) is 9.97 Å². The van der Waals surface area contributed by atoms with Crippen LogP contribution in [0, 0.1) is 11.6 Å². The fourth-order valence-electron chi connectivity index (χ4n) is 4.18. The number of hydrogen-bond acceptors (Lipinski definition) is 4. The maximum Gasteiger partial charge on any atom is 0.261 e. The minimum Gasteiger partial charge on any atom is -0.496 e. The second-order valence-electron chi connectivity index (χ2n) is 7.56. The molecule has 1 saturated heterocycles. The minimum atomic E-state index is -0.966. The number of methoxy groups -OCH3 is 1. The number of halogens is 2. The average molecular weight is 429 g/mol. The van der Waals surface area contributed by atoms with Crippen molar-refractivity contribution in [1.29, 1.82) is 0 Å². The number of carbonyl (C=O) groups is 1. The van der Waals surface area contributed by atoms with E-state index in [1.165, 1.54) is 13.2 Å². The number of rotatable bonds is 6. The predicted molar refractivity (Wildman–Crippen MR) is 113 cm³/mol. The number of H-pyrrole nitrogens is 1. The van der Waals surface area contributed by atoms with E-state index < -0.39 is 11.6 Å². The molecule has 2 heterocycles. The van der Waals surface area contributed by atoms with E-state index in [-0.39, 0.29) is 17.5 Å². The van der Waals surface area contributed by atoms with E-state index in [0.29, 0.717) is 48.0 Å². The normalized spacial score (nSPS) is 16.5. The van der Waals surface area contributed by atoms with Crippen LogP contribution in [-0.4, -0.2) is 47.1 Å². The standard InChI is InChI=1S/C23H25F2N3O3/c1-3-31-18-9-6-8-17(30-2)20(18)23(29)28-12-5-4-7-14(28)13-19-26-16-11-10-15(24)21(25)22(16)27-19/h6,8-11,14H,3-5,7,12-13H2,1-2H3,(H,26,27). The first kappa shape index (κ1) is 21.1. The first-order valence-corrected chi connectivity index (χ1v) is 10.5. The Morgan fingerprint density at radius 3 is 2.81 bits per heavy atom. The van der Waals surface area contributed by atoms with E-state index in [1.54, 1.807) is 18.2 Å². The molecule has 164 valence electrons. The van der Waals surface area contributed by atoms with Crippen LogP contribution in [0.5, 0.6) is 11.5 Å². The minimum absolute atomic E-state index is 0.0213. The molecule has 1 unspecified atom stereocenters. The van der Waals surface area contributed by atoms with E-state index in [9.17, 15) is 13.6 Å². The number of aromatic nitrogens is 2. The van der Waals surface area contributed by atoms with Gasteiger partial charge in [-0.1, -0.05) is 6.07 Å². The third kappa shape index (κ3) is 4.06. The van der Waals surface area contributed by atoms with Gasteiger partial charge < -0.3 is 19.4 Å². The second kappa shape index (κ2) is 8.91. The van der Waals surface area contributed by atoms with Crippen molar-refractivity contribution in [3.8, 4) is 11.5 Å². The third-order valence-electron chi connectivity index (χ3n) is 5.63. The lowest BCUT2D eigenvalue weighted by atomic mass is 9.97. The molecule has 0 spiro atoms. The van der Waals surface area contributed by atoms with Crippen molar-refractivity contribution in [3.63, 3.8) is 0 Å². The smallest absolute Gasteiger partial charge is 0.261 e. The summed E-state index contributed by atoms with van der Waals surface area (Å²) in [5.41, 5.74) is 0.814. The second-order valence-corrected chi connectivity index (χ2v) is 7.56. The molecule has 3 aromatic rings. The number of fused-ring (bicyclic) bond motifs is 1.